The van der Waals surface area contributed by atoms with E-state index in [-0.39, 0.29) is 18.7 Å². The van der Waals surface area contributed by atoms with E-state index in [1.54, 1.807) is 22.6 Å². The normalized spacial score (nSPS) is 10.7. The number of esters is 1. The van der Waals surface area contributed by atoms with Gasteiger partial charge in [-0.2, -0.15) is 0 Å². The minimum Gasteiger partial charge on any atom is -0.469 e. The number of pyridine rings is 1. The first-order valence-corrected chi connectivity index (χ1v) is 5.80. The number of nitrogens with zero attached hydrogens (tertiary/aromatic N) is 1. The van der Waals surface area contributed by atoms with E-state index >= 15 is 0 Å². The lowest BCUT2D eigenvalue weighted by molar-refractivity contribution is -0.139. The van der Waals surface area contributed by atoms with Crippen molar-refractivity contribution in [2.45, 2.75) is 19.4 Å². The number of hydrogen-bond acceptors (Lipinski definition) is 4. The first kappa shape index (κ1) is 14.2. The predicted octanol–water partition coefficient (Wildman–Crippen LogP) is 1.80. The molecule has 94 valence electrons. The van der Waals surface area contributed by atoms with Crippen LogP contribution in [0, 0.1) is 3.57 Å². The molecule has 4 nitrogen and oxygen atoms in total. The van der Waals surface area contributed by atoms with Gasteiger partial charge in [0.2, 0.25) is 0 Å². The van der Waals surface area contributed by atoms with Crippen molar-refractivity contribution in [1.29, 1.82) is 0 Å². The number of ether oxygens (including phenoxy) is 1. The number of carbonyl (C=O) groups excluding carboxylic acids is 1. The zero-order valence-electron chi connectivity index (χ0n) is 9.04. The van der Waals surface area contributed by atoms with Crippen LogP contribution < -0.4 is 5.73 Å². The van der Waals surface area contributed by atoms with Crippen LogP contribution in [0.5, 0.6) is 0 Å². The quantitative estimate of drug-likeness (QED) is 0.660. The van der Waals surface area contributed by atoms with Crippen LogP contribution in [-0.4, -0.2) is 18.1 Å². The van der Waals surface area contributed by atoms with Gasteiger partial charge in [0.15, 0.2) is 0 Å². The largest absolute Gasteiger partial charge is 0.469 e. The van der Waals surface area contributed by atoms with Crippen molar-refractivity contribution in [2.75, 3.05) is 7.11 Å². The van der Waals surface area contributed by atoms with Crippen molar-refractivity contribution in [3.8, 4) is 0 Å². The maximum Gasteiger partial charge on any atom is 0.310 e. The predicted molar refractivity (Wildman–Crippen MR) is 65.5 cm³/mol. The van der Waals surface area contributed by atoms with Gasteiger partial charge in [0.25, 0.3) is 6.43 Å². The summed E-state index contributed by atoms with van der Waals surface area (Å²) in [5.41, 5.74) is 5.94. The second-order valence-corrected chi connectivity index (χ2v) is 4.38. The lowest BCUT2D eigenvalue weighted by atomic mass is 10.1. The van der Waals surface area contributed by atoms with Crippen LogP contribution in [0.15, 0.2) is 6.07 Å². The van der Waals surface area contributed by atoms with E-state index < -0.39 is 12.4 Å². The number of rotatable bonds is 4. The van der Waals surface area contributed by atoms with Crippen LogP contribution in [0.1, 0.15) is 23.4 Å². The summed E-state index contributed by atoms with van der Waals surface area (Å²) < 4.78 is 30.0. The molecular weight excluding hydrogens is 345 g/mol. The summed E-state index contributed by atoms with van der Waals surface area (Å²) in [6.45, 7) is 0.00294. The molecule has 7 heteroatoms. The Morgan fingerprint density at radius 1 is 1.65 bits per heavy atom. The number of hydrogen-bond donors (Lipinski definition) is 1. The third-order valence-electron chi connectivity index (χ3n) is 2.13. The number of aromatic nitrogens is 1. The minimum atomic E-state index is -2.65. The lowest BCUT2D eigenvalue weighted by Gasteiger charge is -2.10. The summed E-state index contributed by atoms with van der Waals surface area (Å²) in [7, 11) is 1.26. The Bertz CT molecular complexity index is 427. The van der Waals surface area contributed by atoms with Crippen molar-refractivity contribution in [3.63, 3.8) is 0 Å². The molecule has 0 amide bonds. The molecule has 1 heterocycles. The van der Waals surface area contributed by atoms with Gasteiger partial charge in [-0.1, -0.05) is 0 Å². The SMILES string of the molecule is COC(=O)Cc1cc(I)c(C(F)F)nc1CN. The van der Waals surface area contributed by atoms with Crippen LogP contribution in [0.25, 0.3) is 0 Å². The first-order chi connectivity index (χ1) is 7.99. The van der Waals surface area contributed by atoms with E-state index in [1.165, 1.54) is 13.2 Å². The fraction of sp³-hybridized carbons (Fsp3) is 0.400. The second kappa shape index (κ2) is 6.20. The van der Waals surface area contributed by atoms with E-state index in [0.717, 1.165) is 0 Å². The topological polar surface area (TPSA) is 65.2 Å². The van der Waals surface area contributed by atoms with Crippen molar-refractivity contribution in [1.82, 2.24) is 4.98 Å². The average Bonchev–Trinajstić information content (AvgIpc) is 2.28. The van der Waals surface area contributed by atoms with Crippen LogP contribution in [0.2, 0.25) is 0 Å². The molecule has 0 aliphatic heterocycles. The highest BCUT2D eigenvalue weighted by Gasteiger charge is 2.18. The molecule has 1 aromatic heterocycles. The Morgan fingerprint density at radius 3 is 2.76 bits per heavy atom. The maximum atomic E-state index is 12.6. The fourth-order valence-corrected chi connectivity index (χ4v) is 2.02. The highest BCUT2D eigenvalue weighted by molar-refractivity contribution is 14.1. The molecule has 2 N–H and O–H groups in total. The Hall–Kier alpha value is -0.830. The molecule has 0 bridgehead atoms. The number of carbonyl (C=O) groups is 1. The molecule has 0 atom stereocenters. The zero-order chi connectivity index (χ0) is 13.0. The minimum absolute atomic E-state index is 0.00294. The van der Waals surface area contributed by atoms with E-state index in [4.69, 9.17) is 5.73 Å². The lowest BCUT2D eigenvalue weighted by Crippen LogP contribution is -2.13. The summed E-state index contributed by atoms with van der Waals surface area (Å²) >= 11 is 1.76. The van der Waals surface area contributed by atoms with E-state index in [9.17, 15) is 13.6 Å². The van der Waals surface area contributed by atoms with Crippen LogP contribution in [0.4, 0.5) is 8.78 Å². The molecule has 0 radical (unpaired) electrons. The molecule has 0 saturated carbocycles. The highest BCUT2D eigenvalue weighted by Crippen LogP contribution is 2.25. The smallest absolute Gasteiger partial charge is 0.310 e. The number of methoxy groups -OCH3 is 1. The maximum absolute atomic E-state index is 12.6. The van der Waals surface area contributed by atoms with Crippen molar-refractivity contribution >= 4 is 28.6 Å². The summed E-state index contributed by atoms with van der Waals surface area (Å²) in [5, 5.41) is 0. The molecule has 0 aromatic carbocycles. The standard InChI is InChI=1S/C10H11F2IN2O2/c1-17-8(16)3-5-2-6(13)9(10(11)12)15-7(5)4-14/h2,10H,3-4,14H2,1H3. The molecule has 1 rings (SSSR count). The van der Waals surface area contributed by atoms with Gasteiger partial charge in [-0.05, 0) is 34.2 Å². The molecule has 17 heavy (non-hydrogen) atoms. The van der Waals surface area contributed by atoms with Gasteiger partial charge in [-0.3, -0.25) is 4.79 Å². The van der Waals surface area contributed by atoms with Gasteiger partial charge in [-0.25, -0.2) is 13.8 Å². The van der Waals surface area contributed by atoms with E-state index in [0.29, 0.717) is 14.8 Å². The molecule has 0 aliphatic rings. The molecule has 0 fully saturated rings. The number of alkyl halides is 2. The molecule has 0 aliphatic carbocycles. The van der Waals surface area contributed by atoms with Gasteiger partial charge in [-0.15, -0.1) is 0 Å². The summed E-state index contributed by atoms with van der Waals surface area (Å²) in [6, 6.07) is 1.49. The molecule has 0 spiro atoms. The number of nitrogens with two attached hydrogens (primary N) is 1. The Kier molecular flexibility index (Phi) is 5.19. The van der Waals surface area contributed by atoms with Crippen LogP contribution in [0.3, 0.4) is 0 Å². The second-order valence-electron chi connectivity index (χ2n) is 3.22. The third kappa shape index (κ3) is 3.56. The van der Waals surface area contributed by atoms with Gasteiger partial charge in [0.05, 0.1) is 19.2 Å². The van der Waals surface area contributed by atoms with Gasteiger partial charge in [0, 0.05) is 10.1 Å². The summed E-state index contributed by atoms with van der Waals surface area (Å²) in [5.74, 6) is -0.456. The Morgan fingerprint density at radius 2 is 2.29 bits per heavy atom. The summed E-state index contributed by atoms with van der Waals surface area (Å²) in [4.78, 5) is 14.9. The molecule has 0 unspecified atom stereocenters. The van der Waals surface area contributed by atoms with Gasteiger partial charge < -0.3 is 10.5 Å². The Labute approximate surface area is 111 Å². The monoisotopic (exact) mass is 356 g/mol. The van der Waals surface area contributed by atoms with Crippen molar-refractivity contribution in [3.05, 3.63) is 26.6 Å². The summed E-state index contributed by atoms with van der Waals surface area (Å²) in [6.07, 6.45) is -2.67. The zero-order valence-corrected chi connectivity index (χ0v) is 11.2. The third-order valence-corrected chi connectivity index (χ3v) is 3.00. The van der Waals surface area contributed by atoms with E-state index in [1.807, 2.05) is 0 Å². The van der Waals surface area contributed by atoms with Gasteiger partial charge >= 0.3 is 5.97 Å². The van der Waals surface area contributed by atoms with E-state index in [2.05, 4.69) is 9.72 Å². The highest BCUT2D eigenvalue weighted by atomic mass is 127. The first-order valence-electron chi connectivity index (χ1n) is 4.72. The van der Waals surface area contributed by atoms with Crippen LogP contribution in [-0.2, 0) is 22.5 Å². The van der Waals surface area contributed by atoms with Crippen molar-refractivity contribution < 1.29 is 18.3 Å². The van der Waals surface area contributed by atoms with Gasteiger partial charge in [0.1, 0.15) is 5.69 Å². The average molecular weight is 356 g/mol. The van der Waals surface area contributed by atoms with Crippen molar-refractivity contribution in [2.24, 2.45) is 5.73 Å². The fourth-order valence-electron chi connectivity index (χ4n) is 1.29. The molecular formula is C10H11F2IN2O2. The molecule has 1 aromatic rings. The molecule has 0 saturated heterocycles. The van der Waals surface area contributed by atoms with Crippen LogP contribution >= 0.6 is 22.6 Å². The number of halogens is 3. The Balaban J connectivity index is 3.14.